The molecule has 0 aliphatic heterocycles. The number of aliphatic hydroxyl groups excluding tert-OH is 1. The average molecular weight is 284 g/mol. The van der Waals surface area contributed by atoms with Crippen molar-refractivity contribution in [2.75, 3.05) is 6.73 Å². The Morgan fingerprint density at radius 1 is 1.52 bits per heavy atom. The number of nitrogens with zero attached hydrogens (tertiary/aromatic N) is 1. The minimum absolute atomic E-state index is 0.120. The first-order valence-corrected chi connectivity index (χ1v) is 6.66. The van der Waals surface area contributed by atoms with Crippen LogP contribution in [0.2, 0.25) is 0 Å². The zero-order valence-electron chi connectivity index (χ0n) is 12.2. The first-order valence-electron chi connectivity index (χ1n) is 6.66. The van der Waals surface area contributed by atoms with Crippen molar-refractivity contribution in [1.82, 2.24) is 5.32 Å². The van der Waals surface area contributed by atoms with Gasteiger partial charge in [-0.15, -0.1) is 5.26 Å². The van der Waals surface area contributed by atoms with E-state index in [2.05, 4.69) is 11.9 Å². The first-order chi connectivity index (χ1) is 10.2. The van der Waals surface area contributed by atoms with Gasteiger partial charge in [-0.3, -0.25) is 0 Å². The van der Waals surface area contributed by atoms with Crippen molar-refractivity contribution in [2.45, 2.75) is 19.8 Å². The summed E-state index contributed by atoms with van der Waals surface area (Å²) in [6.07, 6.45) is 16.4. The predicted molar refractivity (Wildman–Crippen MR) is 83.5 cm³/mol. The summed E-state index contributed by atoms with van der Waals surface area (Å²) in [4.78, 5) is 0. The Kier molecular flexibility index (Phi) is 7.41. The third-order valence-corrected chi connectivity index (χ3v) is 2.84. The summed E-state index contributed by atoms with van der Waals surface area (Å²) >= 11 is 0. The lowest BCUT2D eigenvalue weighted by Gasteiger charge is -2.03. The fraction of sp³-hybridized carbons (Fsp3) is 0.235. The fourth-order valence-electron chi connectivity index (χ4n) is 1.81. The van der Waals surface area contributed by atoms with E-state index in [4.69, 9.17) is 15.1 Å². The molecule has 0 saturated carbocycles. The van der Waals surface area contributed by atoms with E-state index >= 15 is 0 Å². The van der Waals surface area contributed by atoms with Gasteiger partial charge >= 0.3 is 0 Å². The van der Waals surface area contributed by atoms with Crippen LogP contribution in [-0.4, -0.2) is 11.8 Å². The van der Waals surface area contributed by atoms with Gasteiger partial charge in [0.25, 0.3) is 6.26 Å². The van der Waals surface area contributed by atoms with Gasteiger partial charge in [-0.05, 0) is 37.1 Å². The summed E-state index contributed by atoms with van der Waals surface area (Å²) in [6.45, 7) is 5.58. The van der Waals surface area contributed by atoms with Crippen molar-refractivity contribution in [1.29, 1.82) is 5.26 Å². The highest BCUT2D eigenvalue weighted by Crippen LogP contribution is 2.18. The van der Waals surface area contributed by atoms with Crippen molar-refractivity contribution in [2.24, 2.45) is 0 Å². The number of ether oxygens (including phenoxy) is 1. The van der Waals surface area contributed by atoms with Gasteiger partial charge < -0.3 is 15.2 Å². The Morgan fingerprint density at radius 2 is 2.33 bits per heavy atom. The standard InChI is InChI=1S/C17H20N2O2/c1-3-16(19-13-20)9-7-14(2)11-15-5-4-6-17(10-8-15)21-12-18/h3-5,7-10,19-20H,1,6,11,13H2,2H3/b14-7+,16-9+. The van der Waals surface area contributed by atoms with Crippen molar-refractivity contribution >= 4 is 0 Å². The highest BCUT2D eigenvalue weighted by Gasteiger charge is 2.01. The number of allylic oxidation sites excluding steroid dienone is 9. The van der Waals surface area contributed by atoms with Crippen LogP contribution in [0.25, 0.3) is 0 Å². The van der Waals surface area contributed by atoms with E-state index in [9.17, 15) is 0 Å². The number of nitriles is 1. The van der Waals surface area contributed by atoms with Gasteiger partial charge in [0.05, 0.1) is 0 Å². The van der Waals surface area contributed by atoms with E-state index in [1.165, 1.54) is 5.57 Å². The second-order valence-corrected chi connectivity index (χ2v) is 4.53. The summed E-state index contributed by atoms with van der Waals surface area (Å²) in [7, 11) is 0. The molecule has 4 nitrogen and oxygen atoms in total. The number of nitrogens with one attached hydrogen (secondary N) is 1. The molecule has 0 bridgehead atoms. The van der Waals surface area contributed by atoms with E-state index in [-0.39, 0.29) is 6.73 Å². The van der Waals surface area contributed by atoms with E-state index in [1.807, 2.05) is 43.4 Å². The van der Waals surface area contributed by atoms with Gasteiger partial charge in [-0.2, -0.15) is 0 Å². The topological polar surface area (TPSA) is 65.3 Å². The van der Waals surface area contributed by atoms with Gasteiger partial charge in [0.1, 0.15) is 12.5 Å². The Hall–Kier alpha value is -2.51. The predicted octanol–water partition coefficient (Wildman–Crippen LogP) is 3.20. The maximum Gasteiger partial charge on any atom is 0.291 e. The van der Waals surface area contributed by atoms with Gasteiger partial charge in [0.15, 0.2) is 0 Å². The highest BCUT2D eigenvalue weighted by atomic mass is 16.5. The molecule has 0 spiro atoms. The number of rotatable bonds is 7. The van der Waals surface area contributed by atoms with Crippen LogP contribution in [0.4, 0.5) is 0 Å². The molecular formula is C17H20N2O2. The van der Waals surface area contributed by atoms with E-state index in [1.54, 1.807) is 12.3 Å². The van der Waals surface area contributed by atoms with Crippen LogP contribution in [0.1, 0.15) is 19.8 Å². The Balaban J connectivity index is 2.72. The summed E-state index contributed by atoms with van der Waals surface area (Å²) in [5.41, 5.74) is 3.08. The van der Waals surface area contributed by atoms with Crippen molar-refractivity contribution in [3.63, 3.8) is 0 Å². The van der Waals surface area contributed by atoms with Crippen LogP contribution in [-0.2, 0) is 4.74 Å². The third-order valence-electron chi connectivity index (χ3n) is 2.84. The maximum absolute atomic E-state index is 8.81. The highest BCUT2D eigenvalue weighted by molar-refractivity contribution is 5.34. The number of hydrogen-bond donors (Lipinski definition) is 2. The Labute approximate surface area is 125 Å². The molecule has 1 rings (SSSR count). The number of hydrogen-bond acceptors (Lipinski definition) is 4. The zero-order valence-corrected chi connectivity index (χ0v) is 12.2. The lowest BCUT2D eigenvalue weighted by Crippen LogP contribution is -2.11. The molecule has 0 radical (unpaired) electrons. The molecule has 0 fully saturated rings. The molecule has 0 heterocycles. The van der Waals surface area contributed by atoms with Crippen LogP contribution in [0.3, 0.4) is 0 Å². The lowest BCUT2D eigenvalue weighted by atomic mass is 10.1. The molecule has 2 N–H and O–H groups in total. The maximum atomic E-state index is 8.81. The van der Waals surface area contributed by atoms with E-state index in [0.29, 0.717) is 12.2 Å². The average Bonchev–Trinajstić information content (AvgIpc) is 2.69. The quantitative estimate of drug-likeness (QED) is 0.428. The molecule has 4 heteroatoms. The van der Waals surface area contributed by atoms with Crippen LogP contribution in [0, 0.1) is 11.5 Å². The minimum Gasteiger partial charge on any atom is -0.392 e. The molecular weight excluding hydrogens is 264 g/mol. The van der Waals surface area contributed by atoms with Crippen molar-refractivity contribution in [3.05, 3.63) is 71.7 Å². The first kappa shape index (κ1) is 16.5. The second kappa shape index (κ2) is 9.40. The molecule has 0 atom stereocenters. The second-order valence-electron chi connectivity index (χ2n) is 4.53. The SMILES string of the molecule is C=C/C(=C\C=C(/C)CC1=CC=C(OC#N)CC=C1)NCO. The van der Waals surface area contributed by atoms with Gasteiger partial charge in [0, 0.05) is 12.1 Å². The molecule has 0 aromatic heterocycles. The number of aliphatic hydroxyl groups is 1. The molecule has 21 heavy (non-hydrogen) atoms. The molecule has 110 valence electrons. The third kappa shape index (κ3) is 6.46. The zero-order chi connectivity index (χ0) is 15.5. The van der Waals surface area contributed by atoms with Gasteiger partial charge in [-0.25, -0.2) is 0 Å². The summed E-state index contributed by atoms with van der Waals surface area (Å²) in [6, 6.07) is 0. The molecule has 0 amide bonds. The largest absolute Gasteiger partial charge is 0.392 e. The van der Waals surface area contributed by atoms with Crippen molar-refractivity contribution in [3.8, 4) is 6.26 Å². The van der Waals surface area contributed by atoms with Crippen LogP contribution in [0.15, 0.2) is 71.7 Å². The Bertz CT molecular complexity index is 558. The monoisotopic (exact) mass is 284 g/mol. The molecule has 0 aromatic rings. The summed E-state index contributed by atoms with van der Waals surface area (Å²) in [5.74, 6) is 0.645. The van der Waals surface area contributed by atoms with Gasteiger partial charge in [-0.1, -0.05) is 36.5 Å². The summed E-state index contributed by atoms with van der Waals surface area (Å²) < 4.78 is 4.84. The molecule has 0 aromatic carbocycles. The molecule has 1 aliphatic rings. The molecule has 1 aliphatic carbocycles. The van der Waals surface area contributed by atoms with E-state index < -0.39 is 0 Å². The van der Waals surface area contributed by atoms with Crippen LogP contribution >= 0.6 is 0 Å². The summed E-state index contributed by atoms with van der Waals surface area (Å²) in [5, 5.41) is 20.1. The lowest BCUT2D eigenvalue weighted by molar-refractivity contribution is 0.276. The minimum atomic E-state index is -0.120. The van der Waals surface area contributed by atoms with Crippen LogP contribution < -0.4 is 5.32 Å². The molecule has 0 saturated heterocycles. The molecule has 0 unspecified atom stereocenters. The van der Waals surface area contributed by atoms with Crippen LogP contribution in [0.5, 0.6) is 0 Å². The Morgan fingerprint density at radius 3 is 3.00 bits per heavy atom. The van der Waals surface area contributed by atoms with Gasteiger partial charge in [0.2, 0.25) is 0 Å². The smallest absolute Gasteiger partial charge is 0.291 e. The van der Waals surface area contributed by atoms with E-state index in [0.717, 1.165) is 17.7 Å². The normalized spacial score (nSPS) is 15.5. The van der Waals surface area contributed by atoms with Crippen molar-refractivity contribution < 1.29 is 9.84 Å². The fourth-order valence-corrected chi connectivity index (χ4v) is 1.81.